The molecule has 0 radical (unpaired) electrons. The molecular formula is C30H28ClN3O3S. The number of benzene rings is 4. The van der Waals surface area contributed by atoms with Gasteiger partial charge in [-0.25, -0.2) is 8.42 Å². The third-order valence-corrected chi connectivity index (χ3v) is 8.43. The van der Waals surface area contributed by atoms with Crippen LogP contribution in [0.5, 0.6) is 0 Å². The minimum atomic E-state index is -3.79. The number of carbonyl (C=O) groups excluding carboxylic acids is 1. The Balaban J connectivity index is 1.31. The van der Waals surface area contributed by atoms with E-state index in [0.29, 0.717) is 26.2 Å². The number of nitrogens with one attached hydrogen (secondary N) is 1. The molecule has 5 rings (SSSR count). The van der Waals surface area contributed by atoms with Crippen molar-refractivity contribution in [2.24, 2.45) is 0 Å². The Kier molecular flexibility index (Phi) is 7.79. The lowest BCUT2D eigenvalue weighted by Crippen LogP contribution is -2.49. The zero-order valence-electron chi connectivity index (χ0n) is 20.7. The van der Waals surface area contributed by atoms with Crippen LogP contribution in [0, 0.1) is 0 Å². The number of hydrogen-bond donors (Lipinski definition) is 1. The van der Waals surface area contributed by atoms with Crippen molar-refractivity contribution in [1.82, 2.24) is 9.80 Å². The molecule has 0 bridgehead atoms. The van der Waals surface area contributed by atoms with E-state index in [4.69, 9.17) is 11.6 Å². The van der Waals surface area contributed by atoms with E-state index in [9.17, 15) is 13.2 Å². The first kappa shape index (κ1) is 26.0. The molecule has 38 heavy (non-hydrogen) atoms. The van der Waals surface area contributed by atoms with Gasteiger partial charge in [0, 0.05) is 31.9 Å². The summed E-state index contributed by atoms with van der Waals surface area (Å²) in [5.41, 5.74) is 2.98. The van der Waals surface area contributed by atoms with Crippen molar-refractivity contribution in [3.05, 3.63) is 131 Å². The average Bonchev–Trinajstić information content (AvgIpc) is 2.96. The maximum atomic E-state index is 13.5. The summed E-state index contributed by atoms with van der Waals surface area (Å²) < 4.78 is 28.1. The van der Waals surface area contributed by atoms with Crippen LogP contribution in [0.25, 0.3) is 0 Å². The summed E-state index contributed by atoms with van der Waals surface area (Å²) in [6.07, 6.45) is 0. The van der Waals surface area contributed by atoms with E-state index in [-0.39, 0.29) is 33.1 Å². The van der Waals surface area contributed by atoms with E-state index < -0.39 is 10.0 Å². The molecule has 6 nitrogen and oxygen atoms in total. The van der Waals surface area contributed by atoms with Gasteiger partial charge in [0.2, 0.25) is 0 Å². The maximum Gasteiger partial charge on any atom is 0.261 e. The first-order valence-electron chi connectivity index (χ1n) is 12.4. The molecule has 1 fully saturated rings. The number of hydrogen-bond acceptors (Lipinski definition) is 4. The zero-order valence-corrected chi connectivity index (χ0v) is 22.3. The topological polar surface area (TPSA) is 69.7 Å². The number of carbonyl (C=O) groups is 1. The van der Waals surface area contributed by atoms with Gasteiger partial charge < -0.3 is 4.90 Å². The summed E-state index contributed by atoms with van der Waals surface area (Å²) in [6.45, 7) is 2.45. The van der Waals surface area contributed by atoms with E-state index >= 15 is 0 Å². The predicted octanol–water partition coefficient (Wildman–Crippen LogP) is 5.69. The molecule has 1 N–H and O–H groups in total. The summed E-state index contributed by atoms with van der Waals surface area (Å²) in [7, 11) is -3.79. The molecule has 0 unspecified atom stereocenters. The molecule has 1 aliphatic heterocycles. The predicted molar refractivity (Wildman–Crippen MR) is 151 cm³/mol. The Bertz CT molecular complexity index is 1450. The van der Waals surface area contributed by atoms with Gasteiger partial charge in [-0.1, -0.05) is 90.5 Å². The fraction of sp³-hybridized carbons (Fsp3) is 0.167. The van der Waals surface area contributed by atoms with Gasteiger partial charge in [-0.05, 0) is 41.5 Å². The second-order valence-corrected chi connectivity index (χ2v) is 11.3. The fourth-order valence-corrected chi connectivity index (χ4v) is 6.07. The minimum Gasteiger partial charge on any atom is -0.336 e. The lowest BCUT2D eigenvalue weighted by molar-refractivity contribution is 0.0597. The number of halogens is 1. The van der Waals surface area contributed by atoms with E-state index in [1.54, 1.807) is 35.2 Å². The smallest absolute Gasteiger partial charge is 0.261 e. The zero-order chi connectivity index (χ0) is 26.5. The van der Waals surface area contributed by atoms with Crippen LogP contribution in [0.15, 0.2) is 114 Å². The molecule has 0 aromatic heterocycles. The summed E-state index contributed by atoms with van der Waals surface area (Å²) in [4.78, 5) is 17.8. The van der Waals surface area contributed by atoms with Gasteiger partial charge in [-0.15, -0.1) is 0 Å². The van der Waals surface area contributed by atoms with Gasteiger partial charge >= 0.3 is 0 Å². The molecule has 0 spiro atoms. The summed E-state index contributed by atoms with van der Waals surface area (Å²) in [5.74, 6) is -0.216. The molecule has 0 atom stereocenters. The van der Waals surface area contributed by atoms with Crippen molar-refractivity contribution in [3.8, 4) is 0 Å². The van der Waals surface area contributed by atoms with Gasteiger partial charge in [0.05, 0.1) is 21.5 Å². The Morgan fingerprint density at radius 2 is 1.26 bits per heavy atom. The van der Waals surface area contributed by atoms with Gasteiger partial charge in [-0.2, -0.15) is 0 Å². The Morgan fingerprint density at radius 1 is 0.737 bits per heavy atom. The van der Waals surface area contributed by atoms with E-state index in [1.807, 2.05) is 36.4 Å². The highest BCUT2D eigenvalue weighted by Crippen LogP contribution is 2.30. The van der Waals surface area contributed by atoms with Crippen LogP contribution in [-0.4, -0.2) is 50.3 Å². The molecular weight excluding hydrogens is 518 g/mol. The van der Waals surface area contributed by atoms with Crippen molar-refractivity contribution in [2.45, 2.75) is 10.9 Å². The normalized spacial score (nSPS) is 14.4. The molecule has 1 aliphatic rings. The van der Waals surface area contributed by atoms with E-state index in [2.05, 4.69) is 33.9 Å². The van der Waals surface area contributed by atoms with E-state index in [1.165, 1.54) is 29.3 Å². The van der Waals surface area contributed by atoms with Gasteiger partial charge in [-0.3, -0.25) is 14.4 Å². The standard InChI is InChI=1S/C30H28ClN3O3S/c31-28-17-16-25(32-38(36,37)26-14-8-3-9-15-26)22-27(28)30(35)34-20-18-33(19-21-34)29(23-10-4-1-5-11-23)24-12-6-2-7-13-24/h1-17,22,29,32H,18-21H2. The number of nitrogens with zero attached hydrogens (tertiary/aromatic N) is 2. The molecule has 0 aliphatic carbocycles. The van der Waals surface area contributed by atoms with Crippen LogP contribution in [-0.2, 0) is 10.0 Å². The third kappa shape index (κ3) is 5.75. The quantitative estimate of drug-likeness (QED) is 0.324. The average molecular weight is 546 g/mol. The molecule has 0 saturated carbocycles. The minimum absolute atomic E-state index is 0.0916. The summed E-state index contributed by atoms with van der Waals surface area (Å²) >= 11 is 6.40. The Hall–Kier alpha value is -3.65. The van der Waals surface area contributed by atoms with Crippen molar-refractivity contribution < 1.29 is 13.2 Å². The Morgan fingerprint density at radius 3 is 1.82 bits per heavy atom. The number of rotatable bonds is 7. The van der Waals surface area contributed by atoms with Crippen LogP contribution in [0.3, 0.4) is 0 Å². The highest BCUT2D eigenvalue weighted by atomic mass is 35.5. The number of amides is 1. The maximum absolute atomic E-state index is 13.5. The van der Waals surface area contributed by atoms with Crippen molar-refractivity contribution >= 4 is 33.2 Å². The highest BCUT2D eigenvalue weighted by Gasteiger charge is 2.29. The molecule has 4 aromatic carbocycles. The van der Waals surface area contributed by atoms with Crippen LogP contribution < -0.4 is 4.72 Å². The summed E-state index contributed by atoms with van der Waals surface area (Å²) in [6, 6.07) is 33.6. The monoisotopic (exact) mass is 545 g/mol. The molecule has 4 aromatic rings. The molecule has 1 amide bonds. The van der Waals surface area contributed by atoms with Crippen LogP contribution in [0.4, 0.5) is 5.69 Å². The first-order valence-corrected chi connectivity index (χ1v) is 14.3. The van der Waals surface area contributed by atoms with Gasteiger partial charge in [0.1, 0.15) is 0 Å². The van der Waals surface area contributed by atoms with Crippen molar-refractivity contribution in [2.75, 3.05) is 30.9 Å². The number of sulfonamides is 1. The molecule has 194 valence electrons. The SMILES string of the molecule is O=C(c1cc(NS(=O)(=O)c2ccccc2)ccc1Cl)N1CCN(C(c2ccccc2)c2ccccc2)CC1. The largest absolute Gasteiger partial charge is 0.336 e. The lowest BCUT2D eigenvalue weighted by Gasteiger charge is -2.40. The van der Waals surface area contributed by atoms with Gasteiger partial charge in [0.15, 0.2) is 0 Å². The second-order valence-electron chi connectivity index (χ2n) is 9.17. The molecule has 1 saturated heterocycles. The van der Waals surface area contributed by atoms with Crippen LogP contribution in [0.2, 0.25) is 5.02 Å². The number of piperazine rings is 1. The summed E-state index contributed by atoms with van der Waals surface area (Å²) in [5, 5.41) is 0.284. The molecule has 8 heteroatoms. The first-order chi connectivity index (χ1) is 18.4. The number of anilines is 1. The van der Waals surface area contributed by atoms with Gasteiger partial charge in [0.25, 0.3) is 15.9 Å². The van der Waals surface area contributed by atoms with Crippen LogP contribution >= 0.6 is 11.6 Å². The van der Waals surface area contributed by atoms with Crippen LogP contribution in [0.1, 0.15) is 27.5 Å². The Labute approximate surface area is 228 Å². The fourth-order valence-electron chi connectivity index (χ4n) is 4.80. The molecule has 1 heterocycles. The lowest BCUT2D eigenvalue weighted by atomic mass is 9.96. The third-order valence-electron chi connectivity index (χ3n) is 6.70. The van der Waals surface area contributed by atoms with Crippen molar-refractivity contribution in [3.63, 3.8) is 0 Å². The highest BCUT2D eigenvalue weighted by molar-refractivity contribution is 7.92. The second kappa shape index (κ2) is 11.4. The van der Waals surface area contributed by atoms with Crippen molar-refractivity contribution in [1.29, 1.82) is 0 Å². The van der Waals surface area contributed by atoms with E-state index in [0.717, 1.165) is 0 Å².